The third kappa shape index (κ3) is 7.46. The van der Waals surface area contributed by atoms with Crippen LogP contribution in [0.2, 0.25) is 10.0 Å². The van der Waals surface area contributed by atoms with E-state index in [1.54, 1.807) is 42.5 Å². The highest BCUT2D eigenvalue weighted by Gasteiger charge is 2.32. The van der Waals surface area contributed by atoms with Crippen LogP contribution in [0, 0.1) is 0 Å². The zero-order chi connectivity index (χ0) is 26.3. The summed E-state index contributed by atoms with van der Waals surface area (Å²) in [4.78, 5) is 28.2. The summed E-state index contributed by atoms with van der Waals surface area (Å²) in [5.74, 6) is -0.908. The second-order valence-corrected chi connectivity index (χ2v) is 11.0. The molecule has 36 heavy (non-hydrogen) atoms. The Balaban J connectivity index is 2.01. The number of amides is 2. The number of rotatable bonds is 10. The van der Waals surface area contributed by atoms with Crippen molar-refractivity contribution in [2.45, 2.75) is 19.0 Å². The van der Waals surface area contributed by atoms with Crippen LogP contribution >= 0.6 is 23.2 Å². The van der Waals surface area contributed by atoms with Crippen molar-refractivity contribution in [3.63, 3.8) is 0 Å². The maximum absolute atomic E-state index is 13.8. The van der Waals surface area contributed by atoms with Gasteiger partial charge in [0.05, 0.1) is 11.9 Å². The third-order valence-corrected chi connectivity index (χ3v) is 7.19. The second-order valence-electron chi connectivity index (χ2n) is 8.22. The molecule has 0 heterocycles. The van der Waals surface area contributed by atoms with Gasteiger partial charge in [-0.05, 0) is 41.5 Å². The van der Waals surface area contributed by atoms with Crippen LogP contribution in [0.5, 0.6) is 0 Å². The third-order valence-electron chi connectivity index (χ3n) is 5.56. The van der Waals surface area contributed by atoms with Crippen LogP contribution in [0.3, 0.4) is 0 Å². The Bertz CT molecular complexity index is 1300. The average Bonchev–Trinajstić information content (AvgIpc) is 2.85. The zero-order valence-corrected chi connectivity index (χ0v) is 22.2. The van der Waals surface area contributed by atoms with Crippen molar-refractivity contribution < 1.29 is 18.0 Å². The summed E-state index contributed by atoms with van der Waals surface area (Å²) < 4.78 is 26.3. The number of likely N-dealkylation sites (N-methyl/N-ethyl adjacent to an activating group) is 1. The lowest BCUT2D eigenvalue weighted by atomic mass is 10.0. The normalized spacial score (nSPS) is 12.0. The molecule has 0 saturated carbocycles. The average molecular weight is 548 g/mol. The lowest BCUT2D eigenvalue weighted by Gasteiger charge is -2.33. The predicted molar refractivity (Wildman–Crippen MR) is 144 cm³/mol. The fourth-order valence-electron chi connectivity index (χ4n) is 3.75. The molecule has 1 atom stereocenters. The van der Waals surface area contributed by atoms with E-state index in [4.69, 9.17) is 23.2 Å². The quantitative estimate of drug-likeness (QED) is 0.413. The van der Waals surface area contributed by atoms with Crippen molar-refractivity contribution in [3.05, 3.63) is 100 Å². The molecule has 0 aliphatic rings. The Hall–Kier alpha value is -3.07. The van der Waals surface area contributed by atoms with Crippen molar-refractivity contribution >= 4 is 50.7 Å². The Morgan fingerprint density at radius 3 is 2.14 bits per heavy atom. The fourth-order valence-corrected chi connectivity index (χ4v) is 4.90. The maximum atomic E-state index is 13.8. The summed E-state index contributed by atoms with van der Waals surface area (Å²) in [6, 6.07) is 21.6. The number of halogens is 2. The minimum Gasteiger partial charge on any atom is -0.357 e. The zero-order valence-electron chi connectivity index (χ0n) is 19.9. The molecule has 0 aliphatic heterocycles. The molecule has 3 rings (SSSR count). The van der Waals surface area contributed by atoms with Crippen LogP contribution in [0.4, 0.5) is 5.69 Å². The van der Waals surface area contributed by atoms with Gasteiger partial charge in [-0.3, -0.25) is 13.9 Å². The van der Waals surface area contributed by atoms with Crippen molar-refractivity contribution in [2.24, 2.45) is 0 Å². The largest absolute Gasteiger partial charge is 0.357 e. The van der Waals surface area contributed by atoms with Gasteiger partial charge in [0.2, 0.25) is 21.8 Å². The Morgan fingerprint density at radius 1 is 0.889 bits per heavy atom. The molecule has 0 bridgehead atoms. The minimum atomic E-state index is -3.84. The first-order chi connectivity index (χ1) is 17.1. The highest BCUT2D eigenvalue weighted by atomic mass is 35.5. The molecule has 1 N–H and O–H groups in total. The second kappa shape index (κ2) is 12.3. The predicted octanol–water partition coefficient (Wildman–Crippen LogP) is 4.15. The molecular formula is C26H27Cl2N3O4S. The molecule has 190 valence electrons. The van der Waals surface area contributed by atoms with Crippen LogP contribution < -0.4 is 9.62 Å². The SMILES string of the molecule is CNC(=O)C(Cc1ccccc1)N(Cc1ccc(Cl)cc1)C(=O)CN(c1cccc(Cl)c1)S(C)(=O)=O. The first kappa shape index (κ1) is 27.5. The smallest absolute Gasteiger partial charge is 0.244 e. The monoisotopic (exact) mass is 547 g/mol. The summed E-state index contributed by atoms with van der Waals surface area (Å²) >= 11 is 12.1. The van der Waals surface area contributed by atoms with Crippen molar-refractivity contribution in [1.82, 2.24) is 10.2 Å². The molecule has 3 aromatic carbocycles. The van der Waals surface area contributed by atoms with E-state index in [1.165, 1.54) is 18.0 Å². The maximum Gasteiger partial charge on any atom is 0.244 e. The van der Waals surface area contributed by atoms with Gasteiger partial charge in [-0.1, -0.05) is 71.7 Å². The van der Waals surface area contributed by atoms with Gasteiger partial charge >= 0.3 is 0 Å². The lowest BCUT2D eigenvalue weighted by Crippen LogP contribution is -2.52. The molecule has 0 fully saturated rings. The minimum absolute atomic E-state index is 0.0775. The van der Waals surface area contributed by atoms with Gasteiger partial charge in [-0.25, -0.2) is 8.42 Å². The van der Waals surface area contributed by atoms with E-state index >= 15 is 0 Å². The van der Waals surface area contributed by atoms with Gasteiger partial charge in [0.25, 0.3) is 0 Å². The lowest BCUT2D eigenvalue weighted by molar-refractivity contribution is -0.139. The van der Waals surface area contributed by atoms with Gasteiger partial charge in [0.1, 0.15) is 12.6 Å². The van der Waals surface area contributed by atoms with Crippen LogP contribution in [0.15, 0.2) is 78.9 Å². The van der Waals surface area contributed by atoms with Gasteiger partial charge in [0, 0.05) is 30.1 Å². The van der Waals surface area contributed by atoms with Crippen LogP contribution in [-0.4, -0.2) is 51.0 Å². The highest BCUT2D eigenvalue weighted by Crippen LogP contribution is 2.23. The van der Waals surface area contributed by atoms with Gasteiger partial charge in [-0.15, -0.1) is 0 Å². The van der Waals surface area contributed by atoms with E-state index < -0.39 is 28.5 Å². The molecular weight excluding hydrogens is 521 g/mol. The fraction of sp³-hybridized carbons (Fsp3) is 0.231. The van der Waals surface area contributed by atoms with E-state index in [0.29, 0.717) is 10.0 Å². The van der Waals surface area contributed by atoms with Crippen LogP contribution in [-0.2, 0) is 32.6 Å². The summed E-state index contributed by atoms with van der Waals surface area (Å²) in [5, 5.41) is 3.50. The number of carbonyl (C=O) groups excluding carboxylic acids is 2. The molecule has 3 aromatic rings. The van der Waals surface area contributed by atoms with Crippen LogP contribution in [0.25, 0.3) is 0 Å². The van der Waals surface area contributed by atoms with E-state index in [1.807, 2.05) is 30.3 Å². The molecule has 2 amide bonds. The van der Waals surface area contributed by atoms with Gasteiger partial charge < -0.3 is 10.2 Å². The van der Waals surface area contributed by atoms with E-state index in [-0.39, 0.29) is 24.6 Å². The van der Waals surface area contributed by atoms with Gasteiger partial charge in [0.15, 0.2) is 0 Å². The Kier molecular flexibility index (Phi) is 9.37. The van der Waals surface area contributed by atoms with Crippen molar-refractivity contribution in [2.75, 3.05) is 24.2 Å². The number of hydrogen-bond donors (Lipinski definition) is 1. The number of benzene rings is 3. The summed E-state index contributed by atoms with van der Waals surface area (Å²) in [6.45, 7) is -0.427. The summed E-state index contributed by atoms with van der Waals surface area (Å²) in [5.41, 5.74) is 1.85. The topological polar surface area (TPSA) is 86.8 Å². The molecule has 0 aromatic heterocycles. The molecule has 7 nitrogen and oxygen atoms in total. The van der Waals surface area contributed by atoms with Gasteiger partial charge in [-0.2, -0.15) is 0 Å². The van der Waals surface area contributed by atoms with Crippen molar-refractivity contribution in [1.29, 1.82) is 0 Å². The van der Waals surface area contributed by atoms with Crippen molar-refractivity contribution in [3.8, 4) is 0 Å². The van der Waals surface area contributed by atoms with E-state index in [0.717, 1.165) is 21.7 Å². The standard InChI is InChI=1S/C26H27Cl2N3O4S/c1-29-26(33)24(15-19-7-4-3-5-8-19)30(17-20-11-13-21(27)14-12-20)25(32)18-31(36(2,34)35)23-10-6-9-22(28)16-23/h3-14,16,24H,15,17-18H2,1-2H3,(H,29,33). The summed E-state index contributed by atoms with van der Waals surface area (Å²) in [6.07, 6.45) is 1.26. The number of carbonyl (C=O) groups is 2. The molecule has 1 unspecified atom stereocenters. The van der Waals surface area contributed by atoms with Crippen LogP contribution in [0.1, 0.15) is 11.1 Å². The Labute approximate surface area is 221 Å². The Morgan fingerprint density at radius 2 is 1.56 bits per heavy atom. The molecule has 0 saturated heterocycles. The van der Waals surface area contributed by atoms with E-state index in [2.05, 4.69) is 5.32 Å². The molecule has 0 spiro atoms. The molecule has 10 heteroatoms. The first-order valence-corrected chi connectivity index (χ1v) is 13.7. The van der Waals surface area contributed by atoms with E-state index in [9.17, 15) is 18.0 Å². The number of nitrogens with one attached hydrogen (secondary N) is 1. The number of anilines is 1. The number of nitrogens with zero attached hydrogens (tertiary/aromatic N) is 2. The molecule has 0 aliphatic carbocycles. The number of hydrogen-bond acceptors (Lipinski definition) is 4. The first-order valence-electron chi connectivity index (χ1n) is 11.1. The summed E-state index contributed by atoms with van der Waals surface area (Å²) in [7, 11) is -2.34. The number of sulfonamides is 1. The molecule has 0 radical (unpaired) electrons. The highest BCUT2D eigenvalue weighted by molar-refractivity contribution is 7.92.